The second-order valence-electron chi connectivity index (χ2n) is 9.39. The first-order valence-electron chi connectivity index (χ1n) is 11.6. The number of aliphatic hydroxyl groups is 1. The van der Waals surface area contributed by atoms with E-state index in [1.54, 1.807) is 13.1 Å². The van der Waals surface area contributed by atoms with Gasteiger partial charge in [-0.2, -0.15) is 0 Å². The highest BCUT2D eigenvalue weighted by molar-refractivity contribution is 6.40. The van der Waals surface area contributed by atoms with Crippen LogP contribution in [0, 0.1) is 23.6 Å². The molecule has 3 atom stereocenters. The third-order valence-corrected chi connectivity index (χ3v) is 8.02. The second kappa shape index (κ2) is 10.7. The summed E-state index contributed by atoms with van der Waals surface area (Å²) in [4.78, 5) is 29.6. The molecule has 1 aromatic rings. The minimum Gasteiger partial charge on any atom is -0.410 e. The van der Waals surface area contributed by atoms with Crippen LogP contribution in [0.25, 0.3) is 0 Å². The Morgan fingerprint density at radius 2 is 1.79 bits per heavy atom. The van der Waals surface area contributed by atoms with Crippen LogP contribution in [0.15, 0.2) is 46.5 Å². The molecular formula is C25H29Cl2FN2O4. The first-order chi connectivity index (χ1) is 16.2. The molecule has 2 aliphatic carbocycles. The minimum atomic E-state index is -0.573. The average molecular weight is 511 g/mol. The summed E-state index contributed by atoms with van der Waals surface area (Å²) in [6.07, 6.45) is 6.00. The molecule has 0 radical (unpaired) electrons. The lowest BCUT2D eigenvalue weighted by molar-refractivity contribution is -0.136. The van der Waals surface area contributed by atoms with Gasteiger partial charge in [0.15, 0.2) is 0 Å². The third-order valence-electron chi connectivity index (χ3n) is 7.21. The Balaban J connectivity index is 1.50. The number of ether oxygens (including phenoxy) is 1. The number of carbonyl (C=O) groups is 2. The molecule has 2 amide bonds. The van der Waals surface area contributed by atoms with E-state index < -0.39 is 11.9 Å². The molecule has 1 N–H and O–H groups in total. The highest BCUT2D eigenvalue weighted by atomic mass is 35.5. The number of amides is 2. The number of nitrogens with zero attached hydrogens (tertiary/aromatic N) is 2. The summed E-state index contributed by atoms with van der Waals surface area (Å²) >= 11 is 12.5. The molecule has 1 saturated carbocycles. The minimum absolute atomic E-state index is 0.00653. The van der Waals surface area contributed by atoms with Crippen molar-refractivity contribution in [3.63, 3.8) is 0 Å². The van der Waals surface area contributed by atoms with Gasteiger partial charge >= 0.3 is 6.09 Å². The number of benzene rings is 1. The maximum Gasteiger partial charge on any atom is 0.415 e. The number of carbonyl (C=O) groups excluding carboxylic acids is 2. The summed E-state index contributed by atoms with van der Waals surface area (Å²) in [6, 6.07) is 4.97. The third kappa shape index (κ3) is 5.58. The molecule has 1 aliphatic heterocycles. The summed E-state index contributed by atoms with van der Waals surface area (Å²) in [5.74, 6) is -0.262. The van der Waals surface area contributed by atoms with Gasteiger partial charge in [-0.05, 0) is 68.4 Å². The number of halogens is 3. The van der Waals surface area contributed by atoms with Gasteiger partial charge in [-0.1, -0.05) is 29.3 Å². The van der Waals surface area contributed by atoms with Gasteiger partial charge in [0, 0.05) is 37.0 Å². The lowest BCUT2D eigenvalue weighted by Crippen LogP contribution is -2.45. The van der Waals surface area contributed by atoms with E-state index >= 15 is 0 Å². The van der Waals surface area contributed by atoms with Crippen molar-refractivity contribution >= 4 is 35.2 Å². The number of hydrogen-bond acceptors (Lipinski definition) is 4. The number of likely N-dealkylation sites (tertiary alicyclic amines) is 1. The van der Waals surface area contributed by atoms with Crippen LogP contribution < -0.4 is 4.74 Å². The summed E-state index contributed by atoms with van der Waals surface area (Å²) < 4.78 is 18.7. The van der Waals surface area contributed by atoms with Crippen molar-refractivity contribution in [3.05, 3.63) is 52.3 Å². The quantitative estimate of drug-likeness (QED) is 0.625. The molecule has 1 aromatic carbocycles. The van der Waals surface area contributed by atoms with Gasteiger partial charge in [-0.15, -0.1) is 0 Å². The fourth-order valence-corrected chi connectivity index (χ4v) is 5.57. The van der Waals surface area contributed by atoms with Crippen LogP contribution in [0.5, 0.6) is 5.75 Å². The summed E-state index contributed by atoms with van der Waals surface area (Å²) in [7, 11) is 1.66. The van der Waals surface area contributed by atoms with Gasteiger partial charge < -0.3 is 19.6 Å². The first-order valence-corrected chi connectivity index (χ1v) is 12.4. The molecule has 1 heterocycles. The van der Waals surface area contributed by atoms with Gasteiger partial charge in [0.05, 0.1) is 17.2 Å². The summed E-state index contributed by atoms with van der Waals surface area (Å²) in [5, 5.41) is 10.9. The van der Waals surface area contributed by atoms with Crippen molar-refractivity contribution < 1.29 is 23.8 Å². The second-order valence-corrected chi connectivity index (χ2v) is 10.3. The van der Waals surface area contributed by atoms with Crippen LogP contribution in [-0.2, 0) is 4.79 Å². The van der Waals surface area contributed by atoms with E-state index in [2.05, 4.69) is 0 Å². The van der Waals surface area contributed by atoms with Crippen molar-refractivity contribution in [1.82, 2.24) is 9.80 Å². The zero-order chi connectivity index (χ0) is 24.4. The lowest BCUT2D eigenvalue weighted by Gasteiger charge is -2.32. The van der Waals surface area contributed by atoms with E-state index in [-0.39, 0.29) is 41.6 Å². The predicted octanol–water partition coefficient (Wildman–Crippen LogP) is 4.90. The number of likely N-dealkylation sites (N-methyl/N-ethyl adjacent to an activating group) is 1. The van der Waals surface area contributed by atoms with E-state index in [0.717, 1.165) is 0 Å². The van der Waals surface area contributed by atoms with Crippen molar-refractivity contribution in [2.24, 2.45) is 17.8 Å². The summed E-state index contributed by atoms with van der Waals surface area (Å²) in [6.45, 7) is 0.879. The number of rotatable bonds is 4. The van der Waals surface area contributed by atoms with Gasteiger partial charge in [0.2, 0.25) is 5.91 Å². The topological polar surface area (TPSA) is 70.1 Å². The molecule has 4 rings (SSSR count). The first kappa shape index (κ1) is 25.0. The van der Waals surface area contributed by atoms with Crippen LogP contribution in [0.1, 0.15) is 32.1 Å². The van der Waals surface area contributed by atoms with E-state index in [1.807, 2.05) is 11.0 Å². The normalized spacial score (nSPS) is 29.3. The Morgan fingerprint density at radius 1 is 1.12 bits per heavy atom. The molecule has 9 heteroatoms. The van der Waals surface area contributed by atoms with Crippen molar-refractivity contribution in [3.8, 4) is 5.75 Å². The average Bonchev–Trinajstić information content (AvgIpc) is 3.27. The van der Waals surface area contributed by atoms with Crippen LogP contribution >= 0.6 is 23.2 Å². The maximum absolute atomic E-state index is 13.3. The van der Waals surface area contributed by atoms with E-state index in [0.29, 0.717) is 55.3 Å². The van der Waals surface area contributed by atoms with Crippen molar-refractivity contribution in [2.75, 3.05) is 20.1 Å². The lowest BCUT2D eigenvalue weighted by atomic mass is 9.83. The molecule has 0 bridgehead atoms. The Hall–Kier alpha value is -2.09. The Kier molecular flexibility index (Phi) is 7.85. The highest BCUT2D eigenvalue weighted by Gasteiger charge is 2.44. The molecular weight excluding hydrogens is 482 g/mol. The maximum atomic E-state index is 13.3. The molecule has 0 aromatic heterocycles. The number of allylic oxidation sites excluding steroid dienone is 4. The Labute approximate surface area is 208 Å². The fourth-order valence-electron chi connectivity index (χ4n) is 5.18. The summed E-state index contributed by atoms with van der Waals surface area (Å²) in [5.41, 5.74) is 0. The molecule has 34 heavy (non-hydrogen) atoms. The van der Waals surface area contributed by atoms with Gasteiger partial charge in [0.1, 0.15) is 11.6 Å². The van der Waals surface area contributed by atoms with E-state index in [4.69, 9.17) is 27.9 Å². The Bertz CT molecular complexity index is 976. The van der Waals surface area contributed by atoms with Crippen LogP contribution in [0.3, 0.4) is 0 Å². The zero-order valence-corrected chi connectivity index (χ0v) is 20.5. The van der Waals surface area contributed by atoms with Crippen molar-refractivity contribution in [1.29, 1.82) is 0 Å². The molecule has 3 unspecified atom stereocenters. The standard InChI is InChI=1S/C25H29Cl2FN2O4/c1-29(25(33)34-19-9-5-17(28)6-10-19)23-14-30(24(32)15-2-7-18(31)8-3-15)13-20(23)16-4-11-21(26)22(27)12-16/h4-6,9-11,15-16,18,20,23,31H,2-3,7-8,12-14H2,1H3. The van der Waals surface area contributed by atoms with E-state index in [1.165, 1.54) is 29.2 Å². The monoisotopic (exact) mass is 510 g/mol. The fraction of sp³-hybridized carbons (Fsp3) is 0.520. The number of hydrogen-bond donors (Lipinski definition) is 1. The highest BCUT2D eigenvalue weighted by Crippen LogP contribution is 2.39. The molecule has 1 saturated heterocycles. The van der Waals surface area contributed by atoms with Gasteiger partial charge in [0.25, 0.3) is 0 Å². The van der Waals surface area contributed by atoms with Gasteiger partial charge in [-0.3, -0.25) is 4.79 Å². The molecule has 6 nitrogen and oxygen atoms in total. The predicted molar refractivity (Wildman–Crippen MR) is 128 cm³/mol. The van der Waals surface area contributed by atoms with Crippen molar-refractivity contribution in [2.45, 2.75) is 44.2 Å². The van der Waals surface area contributed by atoms with Gasteiger partial charge in [-0.25, -0.2) is 9.18 Å². The van der Waals surface area contributed by atoms with Crippen LogP contribution in [0.2, 0.25) is 0 Å². The van der Waals surface area contributed by atoms with E-state index in [9.17, 15) is 19.1 Å². The smallest absolute Gasteiger partial charge is 0.410 e. The largest absolute Gasteiger partial charge is 0.415 e. The molecule has 2 fully saturated rings. The van der Waals surface area contributed by atoms with Crippen LogP contribution in [0.4, 0.5) is 9.18 Å². The van der Waals surface area contributed by atoms with Crippen LogP contribution in [-0.4, -0.2) is 59.2 Å². The molecule has 184 valence electrons. The Morgan fingerprint density at radius 3 is 2.44 bits per heavy atom. The number of aliphatic hydroxyl groups excluding tert-OH is 1. The molecule has 3 aliphatic rings. The molecule has 0 spiro atoms. The SMILES string of the molecule is CN(C(=O)Oc1ccc(F)cc1)C1CN(C(=O)C2CCC(O)CC2)CC1C1C=CC(Cl)=C(Cl)C1. The zero-order valence-electron chi connectivity index (χ0n) is 19.0.